The second kappa shape index (κ2) is 6.25. The third-order valence-electron chi connectivity index (χ3n) is 2.94. The zero-order chi connectivity index (χ0) is 13.7. The Morgan fingerprint density at radius 2 is 1.79 bits per heavy atom. The minimum absolute atomic E-state index is 0.0154. The summed E-state index contributed by atoms with van der Waals surface area (Å²) in [6.07, 6.45) is 0. The van der Waals surface area contributed by atoms with E-state index in [2.05, 4.69) is 0 Å². The highest BCUT2D eigenvalue weighted by Crippen LogP contribution is 2.22. The highest BCUT2D eigenvalue weighted by molar-refractivity contribution is 5.37. The van der Waals surface area contributed by atoms with Gasteiger partial charge in [-0.3, -0.25) is 0 Å². The molecule has 0 aliphatic heterocycles. The van der Waals surface area contributed by atoms with E-state index in [1.54, 1.807) is 7.11 Å². The Hall–Kier alpha value is -2.00. The standard InChI is InChI=1S/C16H18O3/c1-12-3-6-15(7-4-12)19-11-14-9-13(10-17)5-8-16(14)18-2/h3-9,17H,10-11H2,1-2H3. The first-order chi connectivity index (χ1) is 9.22. The van der Waals surface area contributed by atoms with Gasteiger partial charge in [-0.25, -0.2) is 0 Å². The van der Waals surface area contributed by atoms with Gasteiger partial charge in [0.1, 0.15) is 18.1 Å². The van der Waals surface area contributed by atoms with Gasteiger partial charge in [0.15, 0.2) is 0 Å². The van der Waals surface area contributed by atoms with Gasteiger partial charge in [-0.2, -0.15) is 0 Å². The Balaban J connectivity index is 2.11. The first kappa shape index (κ1) is 13.4. The van der Waals surface area contributed by atoms with Gasteiger partial charge in [-0.15, -0.1) is 0 Å². The van der Waals surface area contributed by atoms with Crippen LogP contribution < -0.4 is 9.47 Å². The van der Waals surface area contributed by atoms with Crippen molar-refractivity contribution in [3.05, 3.63) is 59.2 Å². The predicted molar refractivity (Wildman–Crippen MR) is 74.4 cm³/mol. The minimum atomic E-state index is 0.0154. The molecule has 0 spiro atoms. The lowest BCUT2D eigenvalue weighted by molar-refractivity contribution is 0.278. The molecule has 100 valence electrons. The summed E-state index contributed by atoms with van der Waals surface area (Å²) in [6.45, 7) is 2.47. The van der Waals surface area contributed by atoms with Gasteiger partial charge in [0.2, 0.25) is 0 Å². The average Bonchev–Trinajstić information content (AvgIpc) is 2.46. The maximum Gasteiger partial charge on any atom is 0.125 e. The van der Waals surface area contributed by atoms with E-state index in [9.17, 15) is 0 Å². The largest absolute Gasteiger partial charge is 0.496 e. The quantitative estimate of drug-likeness (QED) is 0.895. The van der Waals surface area contributed by atoms with Gasteiger partial charge in [-0.05, 0) is 36.8 Å². The molecule has 0 aliphatic carbocycles. The van der Waals surface area contributed by atoms with E-state index in [0.29, 0.717) is 6.61 Å². The maximum absolute atomic E-state index is 9.16. The molecule has 0 saturated carbocycles. The molecule has 0 bridgehead atoms. The van der Waals surface area contributed by atoms with Gasteiger partial charge in [-0.1, -0.05) is 23.8 Å². The molecule has 0 atom stereocenters. The monoisotopic (exact) mass is 258 g/mol. The molecule has 3 heteroatoms. The molecule has 3 nitrogen and oxygen atoms in total. The van der Waals surface area contributed by atoms with Crippen LogP contribution in [0.1, 0.15) is 16.7 Å². The van der Waals surface area contributed by atoms with E-state index in [1.165, 1.54) is 5.56 Å². The number of aliphatic hydroxyl groups is 1. The van der Waals surface area contributed by atoms with Crippen molar-refractivity contribution in [2.45, 2.75) is 20.1 Å². The van der Waals surface area contributed by atoms with Crippen LogP contribution in [-0.4, -0.2) is 12.2 Å². The SMILES string of the molecule is COc1ccc(CO)cc1COc1ccc(C)cc1. The number of aliphatic hydroxyl groups excluding tert-OH is 1. The normalized spacial score (nSPS) is 10.3. The number of methoxy groups -OCH3 is 1. The zero-order valence-electron chi connectivity index (χ0n) is 11.2. The van der Waals surface area contributed by atoms with Gasteiger partial charge >= 0.3 is 0 Å². The summed E-state index contributed by atoms with van der Waals surface area (Å²) in [4.78, 5) is 0. The summed E-state index contributed by atoms with van der Waals surface area (Å²) in [5, 5.41) is 9.16. The summed E-state index contributed by atoms with van der Waals surface area (Å²) in [5.41, 5.74) is 2.98. The molecule has 2 aromatic rings. The Morgan fingerprint density at radius 1 is 1.05 bits per heavy atom. The average molecular weight is 258 g/mol. The number of ether oxygens (including phenoxy) is 2. The van der Waals surface area contributed by atoms with Crippen molar-refractivity contribution in [1.82, 2.24) is 0 Å². The Morgan fingerprint density at radius 3 is 2.42 bits per heavy atom. The van der Waals surface area contributed by atoms with Gasteiger partial charge in [0.25, 0.3) is 0 Å². The third-order valence-corrected chi connectivity index (χ3v) is 2.94. The van der Waals surface area contributed by atoms with E-state index < -0.39 is 0 Å². The predicted octanol–water partition coefficient (Wildman–Crippen LogP) is 3.07. The molecular formula is C16H18O3. The lowest BCUT2D eigenvalue weighted by Crippen LogP contribution is -2.00. The zero-order valence-corrected chi connectivity index (χ0v) is 11.2. The third kappa shape index (κ3) is 3.48. The van der Waals surface area contributed by atoms with Crippen LogP contribution in [0.5, 0.6) is 11.5 Å². The van der Waals surface area contributed by atoms with Gasteiger partial charge < -0.3 is 14.6 Å². The summed E-state index contributed by atoms with van der Waals surface area (Å²) in [5.74, 6) is 1.59. The summed E-state index contributed by atoms with van der Waals surface area (Å²) in [6, 6.07) is 13.5. The number of benzene rings is 2. The van der Waals surface area contributed by atoms with E-state index in [4.69, 9.17) is 14.6 Å². The second-order valence-corrected chi connectivity index (χ2v) is 4.41. The highest BCUT2D eigenvalue weighted by Gasteiger charge is 2.05. The maximum atomic E-state index is 9.16. The Kier molecular flexibility index (Phi) is 4.42. The number of aryl methyl sites for hydroxylation is 1. The van der Waals surface area contributed by atoms with Gasteiger partial charge in [0.05, 0.1) is 13.7 Å². The molecular weight excluding hydrogens is 240 g/mol. The van der Waals surface area contributed by atoms with Crippen molar-refractivity contribution < 1.29 is 14.6 Å². The molecule has 19 heavy (non-hydrogen) atoms. The summed E-state index contributed by atoms with van der Waals surface area (Å²) < 4.78 is 11.0. The van der Waals surface area contributed by atoms with Crippen LogP contribution in [-0.2, 0) is 13.2 Å². The van der Waals surface area contributed by atoms with Crippen LogP contribution in [0.2, 0.25) is 0 Å². The molecule has 0 radical (unpaired) electrons. The summed E-state index contributed by atoms with van der Waals surface area (Å²) in [7, 11) is 1.63. The minimum Gasteiger partial charge on any atom is -0.496 e. The molecule has 0 aromatic heterocycles. The fraction of sp³-hybridized carbons (Fsp3) is 0.250. The van der Waals surface area contributed by atoms with Crippen molar-refractivity contribution in [3.8, 4) is 11.5 Å². The van der Waals surface area contributed by atoms with Crippen LogP contribution >= 0.6 is 0 Å². The number of hydrogen-bond donors (Lipinski definition) is 1. The van der Waals surface area contributed by atoms with Gasteiger partial charge in [0, 0.05) is 5.56 Å². The van der Waals surface area contributed by atoms with Crippen molar-refractivity contribution in [2.75, 3.05) is 7.11 Å². The van der Waals surface area contributed by atoms with E-state index in [0.717, 1.165) is 22.6 Å². The molecule has 0 unspecified atom stereocenters. The fourth-order valence-corrected chi connectivity index (χ4v) is 1.84. The number of rotatable bonds is 5. The lowest BCUT2D eigenvalue weighted by atomic mass is 10.1. The van der Waals surface area contributed by atoms with Crippen LogP contribution in [0.25, 0.3) is 0 Å². The van der Waals surface area contributed by atoms with Crippen LogP contribution in [0.4, 0.5) is 0 Å². The first-order valence-corrected chi connectivity index (χ1v) is 6.19. The Bertz CT molecular complexity index is 532. The topological polar surface area (TPSA) is 38.7 Å². The Labute approximate surface area is 113 Å². The van der Waals surface area contributed by atoms with E-state index >= 15 is 0 Å². The summed E-state index contributed by atoms with van der Waals surface area (Å²) >= 11 is 0. The van der Waals surface area contributed by atoms with Crippen molar-refractivity contribution in [3.63, 3.8) is 0 Å². The molecule has 0 aliphatic rings. The molecule has 2 aromatic carbocycles. The van der Waals surface area contributed by atoms with Crippen LogP contribution in [0.15, 0.2) is 42.5 Å². The molecule has 0 heterocycles. The number of hydrogen-bond acceptors (Lipinski definition) is 3. The fourth-order valence-electron chi connectivity index (χ4n) is 1.84. The molecule has 0 fully saturated rings. The molecule has 1 N–H and O–H groups in total. The van der Waals surface area contributed by atoms with E-state index in [-0.39, 0.29) is 6.61 Å². The van der Waals surface area contributed by atoms with Crippen molar-refractivity contribution in [1.29, 1.82) is 0 Å². The van der Waals surface area contributed by atoms with Crippen LogP contribution in [0, 0.1) is 6.92 Å². The lowest BCUT2D eigenvalue weighted by Gasteiger charge is -2.11. The van der Waals surface area contributed by atoms with Crippen molar-refractivity contribution >= 4 is 0 Å². The van der Waals surface area contributed by atoms with Crippen molar-refractivity contribution in [2.24, 2.45) is 0 Å². The molecule has 0 saturated heterocycles. The first-order valence-electron chi connectivity index (χ1n) is 6.19. The second-order valence-electron chi connectivity index (χ2n) is 4.41. The van der Waals surface area contributed by atoms with E-state index in [1.807, 2.05) is 49.4 Å². The molecule has 2 rings (SSSR count). The molecule has 0 amide bonds. The van der Waals surface area contributed by atoms with Crippen LogP contribution in [0.3, 0.4) is 0 Å². The smallest absolute Gasteiger partial charge is 0.125 e. The highest BCUT2D eigenvalue weighted by atomic mass is 16.5.